The van der Waals surface area contributed by atoms with Crippen molar-refractivity contribution in [1.29, 1.82) is 5.26 Å². The number of nitrogens with zero attached hydrogens (tertiary/aromatic N) is 5. The number of aromatic nitrogens is 3. The summed E-state index contributed by atoms with van der Waals surface area (Å²) in [5, 5.41) is 8.76. The largest absolute Gasteiger partial charge is 0.463 e. The highest BCUT2D eigenvalue weighted by molar-refractivity contribution is 6.28. The van der Waals surface area contributed by atoms with Crippen LogP contribution in [0.25, 0.3) is 0 Å². The molecule has 0 saturated heterocycles. The minimum absolute atomic E-state index is 0.00695. The van der Waals surface area contributed by atoms with Crippen LogP contribution in [0.4, 0.5) is 5.95 Å². The summed E-state index contributed by atoms with van der Waals surface area (Å²) in [5.74, 6) is 0.406. The van der Waals surface area contributed by atoms with Crippen molar-refractivity contribution >= 4 is 17.5 Å². The van der Waals surface area contributed by atoms with Gasteiger partial charge in [0, 0.05) is 13.1 Å². The molecule has 0 radical (unpaired) electrons. The van der Waals surface area contributed by atoms with E-state index < -0.39 is 0 Å². The van der Waals surface area contributed by atoms with Crippen LogP contribution in [0, 0.1) is 11.3 Å². The number of halogens is 1. The molecule has 1 unspecified atom stereocenters. The van der Waals surface area contributed by atoms with Gasteiger partial charge < -0.3 is 9.64 Å². The van der Waals surface area contributed by atoms with E-state index in [0.29, 0.717) is 19.0 Å². The van der Waals surface area contributed by atoms with Gasteiger partial charge in [-0.1, -0.05) is 6.92 Å². The Bertz CT molecular complexity index is 434. The molecule has 0 bridgehead atoms. The second-order valence-corrected chi connectivity index (χ2v) is 4.20. The number of anilines is 1. The molecule has 0 N–H and O–H groups in total. The summed E-state index contributed by atoms with van der Waals surface area (Å²) in [5.41, 5.74) is 0. The first kappa shape index (κ1) is 14.5. The molecule has 0 aromatic carbocycles. The molecule has 1 aromatic rings. The number of hydrogen-bond donors (Lipinski definition) is 0. The summed E-state index contributed by atoms with van der Waals surface area (Å²) in [6, 6.07) is 2.31. The minimum atomic E-state index is -0.00695. The lowest BCUT2D eigenvalue weighted by Gasteiger charge is -2.22. The van der Waals surface area contributed by atoms with Crippen molar-refractivity contribution < 1.29 is 4.74 Å². The highest BCUT2D eigenvalue weighted by Crippen LogP contribution is 2.16. The van der Waals surface area contributed by atoms with E-state index in [1.807, 2.05) is 13.8 Å². The molecular weight excluding hydrogens is 254 g/mol. The van der Waals surface area contributed by atoms with Crippen LogP contribution >= 0.6 is 11.6 Å². The van der Waals surface area contributed by atoms with Crippen molar-refractivity contribution in [2.24, 2.45) is 0 Å². The Morgan fingerprint density at radius 1 is 1.44 bits per heavy atom. The molecule has 1 aromatic heterocycles. The predicted octanol–water partition coefficient (Wildman–Crippen LogP) is 2.05. The standard InChI is InChI=1S/C11H16ClN5O/c1-4-7-18-11-15-9(12)14-10(16-11)17(3)8(2)5-6-13/h8H,4-5,7H2,1-3H3. The van der Waals surface area contributed by atoms with Crippen molar-refractivity contribution in [3.8, 4) is 12.1 Å². The summed E-state index contributed by atoms with van der Waals surface area (Å²) in [4.78, 5) is 13.8. The van der Waals surface area contributed by atoms with Crippen molar-refractivity contribution in [3.63, 3.8) is 0 Å². The van der Waals surface area contributed by atoms with Crippen LogP contribution in [0.1, 0.15) is 26.7 Å². The predicted molar refractivity (Wildman–Crippen MR) is 68.7 cm³/mol. The van der Waals surface area contributed by atoms with Gasteiger partial charge >= 0.3 is 6.01 Å². The molecular formula is C11H16ClN5O. The van der Waals surface area contributed by atoms with E-state index in [2.05, 4.69) is 21.0 Å². The molecule has 1 rings (SSSR count). The Morgan fingerprint density at radius 3 is 2.78 bits per heavy atom. The monoisotopic (exact) mass is 269 g/mol. The molecule has 6 nitrogen and oxygen atoms in total. The maximum Gasteiger partial charge on any atom is 0.322 e. The molecule has 0 spiro atoms. The highest BCUT2D eigenvalue weighted by Gasteiger charge is 2.15. The molecule has 0 aliphatic carbocycles. The van der Waals surface area contributed by atoms with E-state index in [1.54, 1.807) is 11.9 Å². The molecule has 0 amide bonds. The quantitative estimate of drug-likeness (QED) is 0.787. The smallest absolute Gasteiger partial charge is 0.322 e. The van der Waals surface area contributed by atoms with Gasteiger partial charge in [0.1, 0.15) is 0 Å². The van der Waals surface area contributed by atoms with E-state index >= 15 is 0 Å². The van der Waals surface area contributed by atoms with Gasteiger partial charge in [0.15, 0.2) is 0 Å². The van der Waals surface area contributed by atoms with E-state index in [-0.39, 0.29) is 17.3 Å². The summed E-state index contributed by atoms with van der Waals surface area (Å²) in [7, 11) is 1.80. The Balaban J connectivity index is 2.88. The molecule has 0 aliphatic rings. The number of hydrogen-bond acceptors (Lipinski definition) is 6. The molecule has 0 fully saturated rings. The van der Waals surface area contributed by atoms with E-state index in [0.717, 1.165) is 6.42 Å². The third-order valence-corrected chi connectivity index (χ3v) is 2.54. The zero-order valence-electron chi connectivity index (χ0n) is 10.7. The zero-order chi connectivity index (χ0) is 13.5. The van der Waals surface area contributed by atoms with Crippen LogP contribution in [0.5, 0.6) is 6.01 Å². The summed E-state index contributed by atoms with van der Waals surface area (Å²) < 4.78 is 5.33. The second kappa shape index (κ2) is 6.97. The number of rotatable bonds is 6. The molecule has 98 valence electrons. The first-order valence-electron chi connectivity index (χ1n) is 5.72. The van der Waals surface area contributed by atoms with Crippen LogP contribution < -0.4 is 9.64 Å². The lowest BCUT2D eigenvalue weighted by atomic mass is 10.2. The van der Waals surface area contributed by atoms with Gasteiger partial charge in [-0.2, -0.15) is 20.2 Å². The number of nitriles is 1. The Labute approximate surface area is 112 Å². The third kappa shape index (κ3) is 4.00. The Hall–Kier alpha value is -1.61. The summed E-state index contributed by atoms with van der Waals surface area (Å²) in [6.07, 6.45) is 1.24. The first-order chi connectivity index (χ1) is 8.58. The number of ether oxygens (including phenoxy) is 1. The minimum Gasteiger partial charge on any atom is -0.463 e. The fourth-order valence-electron chi connectivity index (χ4n) is 1.20. The zero-order valence-corrected chi connectivity index (χ0v) is 11.5. The van der Waals surface area contributed by atoms with Crippen LogP contribution in [0.3, 0.4) is 0 Å². The van der Waals surface area contributed by atoms with Crippen molar-refractivity contribution in [2.45, 2.75) is 32.7 Å². The molecule has 0 saturated carbocycles. The van der Waals surface area contributed by atoms with Crippen molar-refractivity contribution in [2.75, 3.05) is 18.6 Å². The van der Waals surface area contributed by atoms with Crippen molar-refractivity contribution in [3.05, 3.63) is 5.28 Å². The summed E-state index contributed by atoms with van der Waals surface area (Å²) >= 11 is 5.82. The van der Waals surface area contributed by atoms with Crippen LogP contribution in [0.15, 0.2) is 0 Å². The maximum absolute atomic E-state index is 8.68. The van der Waals surface area contributed by atoms with Gasteiger partial charge in [-0.05, 0) is 24.9 Å². The van der Waals surface area contributed by atoms with Gasteiger partial charge in [0.25, 0.3) is 0 Å². The SMILES string of the molecule is CCCOc1nc(Cl)nc(N(C)C(C)CC#N)n1. The van der Waals surface area contributed by atoms with Gasteiger partial charge in [0.2, 0.25) is 11.2 Å². The molecule has 1 atom stereocenters. The Kier molecular flexibility index (Phi) is 5.59. The van der Waals surface area contributed by atoms with Gasteiger partial charge in [0.05, 0.1) is 19.1 Å². The average molecular weight is 270 g/mol. The van der Waals surface area contributed by atoms with Crippen LogP contribution in [-0.2, 0) is 0 Å². The van der Waals surface area contributed by atoms with Crippen molar-refractivity contribution in [1.82, 2.24) is 15.0 Å². The second-order valence-electron chi connectivity index (χ2n) is 3.86. The maximum atomic E-state index is 8.68. The summed E-state index contributed by atoms with van der Waals surface area (Å²) in [6.45, 7) is 4.43. The van der Waals surface area contributed by atoms with Gasteiger partial charge in [-0.3, -0.25) is 0 Å². The topological polar surface area (TPSA) is 74.9 Å². The van der Waals surface area contributed by atoms with E-state index in [4.69, 9.17) is 21.6 Å². The van der Waals surface area contributed by atoms with E-state index in [1.165, 1.54) is 0 Å². The molecule has 18 heavy (non-hydrogen) atoms. The molecule has 7 heteroatoms. The normalized spacial score (nSPS) is 11.7. The first-order valence-corrected chi connectivity index (χ1v) is 6.10. The lowest BCUT2D eigenvalue weighted by molar-refractivity contribution is 0.291. The Morgan fingerprint density at radius 2 is 2.17 bits per heavy atom. The molecule has 1 heterocycles. The third-order valence-electron chi connectivity index (χ3n) is 2.37. The molecule has 0 aliphatic heterocycles. The fourth-order valence-corrected chi connectivity index (χ4v) is 1.35. The van der Waals surface area contributed by atoms with Crippen LogP contribution in [-0.4, -0.2) is 34.6 Å². The fraction of sp³-hybridized carbons (Fsp3) is 0.636. The van der Waals surface area contributed by atoms with Gasteiger partial charge in [-0.15, -0.1) is 0 Å². The van der Waals surface area contributed by atoms with E-state index in [9.17, 15) is 0 Å². The average Bonchev–Trinajstić information content (AvgIpc) is 2.35. The van der Waals surface area contributed by atoms with Gasteiger partial charge in [-0.25, -0.2) is 0 Å². The van der Waals surface area contributed by atoms with Crippen LogP contribution in [0.2, 0.25) is 5.28 Å². The highest BCUT2D eigenvalue weighted by atomic mass is 35.5. The lowest BCUT2D eigenvalue weighted by Crippen LogP contribution is -2.30.